The molecule has 0 radical (unpaired) electrons. The number of anilines is 1. The Bertz CT molecular complexity index is 768. The molecule has 0 spiro atoms. The molecule has 8 heteroatoms. The van der Waals surface area contributed by atoms with Crippen LogP contribution in [-0.2, 0) is 17.3 Å². The van der Waals surface area contributed by atoms with Crippen LogP contribution < -0.4 is 5.32 Å². The van der Waals surface area contributed by atoms with Gasteiger partial charge >= 0.3 is 10.2 Å². The Balaban J connectivity index is 2.36. The Morgan fingerprint density at radius 3 is 2.55 bits per heavy atom. The maximum atomic E-state index is 13.1. The van der Waals surface area contributed by atoms with Gasteiger partial charge in [0, 0.05) is 7.05 Å². The highest BCUT2D eigenvalue weighted by atomic mass is 32.3. The van der Waals surface area contributed by atoms with E-state index in [4.69, 9.17) is 0 Å². The van der Waals surface area contributed by atoms with Crippen molar-refractivity contribution in [2.75, 3.05) is 5.32 Å². The lowest BCUT2D eigenvalue weighted by atomic mass is 10.3. The van der Waals surface area contributed by atoms with Gasteiger partial charge in [0.1, 0.15) is 10.6 Å². The molecule has 0 aliphatic heterocycles. The molecule has 106 valence electrons. The van der Waals surface area contributed by atoms with Crippen LogP contribution in [0.1, 0.15) is 16.2 Å². The van der Waals surface area contributed by atoms with Crippen molar-refractivity contribution in [3.8, 4) is 0 Å². The Kier molecular flexibility index (Phi) is 3.58. The minimum absolute atomic E-state index is 0.112. The zero-order chi connectivity index (χ0) is 14.9. The van der Waals surface area contributed by atoms with Crippen molar-refractivity contribution >= 4 is 21.8 Å². The van der Waals surface area contributed by atoms with Gasteiger partial charge in [-0.25, -0.2) is 0 Å². The third-order valence-electron chi connectivity index (χ3n) is 2.63. The van der Waals surface area contributed by atoms with E-state index in [1.165, 1.54) is 22.9 Å². The number of amides is 1. The van der Waals surface area contributed by atoms with Crippen LogP contribution in [0.2, 0.25) is 0 Å². The molecule has 2 aromatic rings. The molecule has 0 unspecified atom stereocenters. The summed E-state index contributed by atoms with van der Waals surface area (Å²) < 4.78 is 36.5. The molecule has 0 saturated heterocycles. The fourth-order valence-electron chi connectivity index (χ4n) is 1.79. The summed E-state index contributed by atoms with van der Waals surface area (Å²) in [4.78, 5) is 11.5. The molecule has 1 aromatic carbocycles. The Morgan fingerprint density at radius 1 is 1.35 bits per heavy atom. The molecule has 1 aromatic heterocycles. The van der Waals surface area contributed by atoms with Gasteiger partial charge in [-0.05, 0) is 25.1 Å². The number of hydrogen-bond donors (Lipinski definition) is 1. The van der Waals surface area contributed by atoms with Crippen molar-refractivity contribution in [3.63, 3.8) is 0 Å². The van der Waals surface area contributed by atoms with Crippen LogP contribution in [0.3, 0.4) is 0 Å². The molecule has 0 aliphatic rings. The van der Waals surface area contributed by atoms with E-state index in [9.17, 15) is 17.1 Å². The van der Waals surface area contributed by atoms with Gasteiger partial charge in [0.05, 0.1) is 11.4 Å². The van der Waals surface area contributed by atoms with Crippen LogP contribution in [0.5, 0.6) is 0 Å². The Labute approximate surface area is 115 Å². The van der Waals surface area contributed by atoms with Gasteiger partial charge in [-0.2, -0.15) is 13.5 Å². The molecule has 0 aliphatic carbocycles. The van der Waals surface area contributed by atoms with Crippen molar-refractivity contribution in [2.45, 2.75) is 11.8 Å². The highest BCUT2D eigenvalue weighted by molar-refractivity contribution is 7.86. The van der Waals surface area contributed by atoms with E-state index in [2.05, 4.69) is 10.4 Å². The predicted molar refractivity (Wildman–Crippen MR) is 70.6 cm³/mol. The third kappa shape index (κ3) is 2.85. The standard InChI is InChI=1S/C12H12FN3O3S/c1-8-7-10(16(2)15-8)12(17)14-9-5-3-4-6-11(9)20(13,18)19/h3-7H,1-2H3,(H,14,17). The molecular formula is C12H12FN3O3S. The van der Waals surface area contributed by atoms with E-state index in [0.29, 0.717) is 5.69 Å². The van der Waals surface area contributed by atoms with Crippen molar-refractivity contribution in [1.82, 2.24) is 9.78 Å². The van der Waals surface area contributed by atoms with Gasteiger partial charge in [-0.1, -0.05) is 12.1 Å². The molecule has 0 fully saturated rings. The molecule has 1 amide bonds. The first kappa shape index (κ1) is 14.2. The number of hydrogen-bond acceptors (Lipinski definition) is 4. The summed E-state index contributed by atoms with van der Waals surface area (Å²) in [6, 6.07) is 6.81. The molecule has 2 rings (SSSR count). The SMILES string of the molecule is Cc1cc(C(=O)Nc2ccccc2S(=O)(=O)F)n(C)n1. The van der Waals surface area contributed by atoms with Crippen molar-refractivity contribution < 1.29 is 17.1 Å². The number of halogens is 1. The molecule has 0 bridgehead atoms. The average Bonchev–Trinajstić information content (AvgIpc) is 2.68. The summed E-state index contributed by atoms with van der Waals surface area (Å²) in [5.41, 5.74) is 0.775. The number of benzene rings is 1. The molecule has 1 N–H and O–H groups in total. The number of carbonyl (C=O) groups is 1. The van der Waals surface area contributed by atoms with Gasteiger partial charge in [0.25, 0.3) is 5.91 Å². The summed E-state index contributed by atoms with van der Waals surface area (Å²) in [5, 5.41) is 6.38. The molecular weight excluding hydrogens is 285 g/mol. The quantitative estimate of drug-likeness (QED) is 0.873. The zero-order valence-corrected chi connectivity index (χ0v) is 11.6. The van der Waals surface area contributed by atoms with Crippen molar-refractivity contribution in [2.24, 2.45) is 7.05 Å². The van der Waals surface area contributed by atoms with Gasteiger partial charge in [-0.3, -0.25) is 9.48 Å². The van der Waals surface area contributed by atoms with E-state index >= 15 is 0 Å². The van der Waals surface area contributed by atoms with Crippen LogP contribution in [0.15, 0.2) is 35.2 Å². The molecule has 1 heterocycles. The second-order valence-electron chi connectivity index (χ2n) is 4.18. The highest BCUT2D eigenvalue weighted by Gasteiger charge is 2.20. The van der Waals surface area contributed by atoms with Crippen LogP contribution in [0.4, 0.5) is 9.57 Å². The Morgan fingerprint density at radius 2 is 2.00 bits per heavy atom. The monoisotopic (exact) mass is 297 g/mol. The predicted octanol–water partition coefficient (Wildman–Crippen LogP) is 1.64. The number of aryl methyl sites for hydroxylation is 2. The minimum atomic E-state index is -4.90. The van der Waals surface area contributed by atoms with Crippen molar-refractivity contribution in [1.29, 1.82) is 0 Å². The maximum absolute atomic E-state index is 13.1. The number of nitrogens with zero attached hydrogens (tertiary/aromatic N) is 2. The van der Waals surface area contributed by atoms with E-state index in [-0.39, 0.29) is 11.4 Å². The first-order valence-corrected chi connectivity index (χ1v) is 7.03. The highest BCUT2D eigenvalue weighted by Crippen LogP contribution is 2.23. The lowest BCUT2D eigenvalue weighted by Gasteiger charge is -2.08. The minimum Gasteiger partial charge on any atom is -0.319 e. The number of nitrogens with one attached hydrogen (secondary N) is 1. The van der Waals surface area contributed by atoms with Crippen molar-refractivity contribution in [3.05, 3.63) is 41.7 Å². The summed E-state index contributed by atoms with van der Waals surface area (Å²) in [7, 11) is -3.32. The van der Waals surface area contributed by atoms with Crippen LogP contribution >= 0.6 is 0 Å². The second kappa shape index (κ2) is 5.04. The fourth-order valence-corrected chi connectivity index (χ4v) is 2.41. The number of carbonyl (C=O) groups excluding carboxylic acids is 1. The normalized spacial score (nSPS) is 11.3. The van der Waals surface area contributed by atoms with Crippen LogP contribution in [0.25, 0.3) is 0 Å². The van der Waals surface area contributed by atoms with Gasteiger partial charge < -0.3 is 5.32 Å². The first-order valence-electron chi connectivity index (χ1n) is 5.65. The fraction of sp³-hybridized carbons (Fsp3) is 0.167. The number of aromatic nitrogens is 2. The van der Waals surface area contributed by atoms with Crippen LogP contribution in [0, 0.1) is 6.92 Å². The number of para-hydroxylation sites is 1. The zero-order valence-electron chi connectivity index (χ0n) is 10.8. The van der Waals surface area contributed by atoms with Gasteiger partial charge in [0.2, 0.25) is 0 Å². The maximum Gasteiger partial charge on any atom is 0.334 e. The number of rotatable bonds is 3. The average molecular weight is 297 g/mol. The van der Waals surface area contributed by atoms with E-state index in [1.807, 2.05) is 0 Å². The van der Waals surface area contributed by atoms with Gasteiger partial charge in [-0.15, -0.1) is 3.89 Å². The third-order valence-corrected chi connectivity index (χ3v) is 3.51. The second-order valence-corrected chi connectivity index (χ2v) is 5.50. The van der Waals surface area contributed by atoms with E-state index in [1.54, 1.807) is 20.0 Å². The first-order chi connectivity index (χ1) is 9.29. The topological polar surface area (TPSA) is 81.1 Å². The molecule has 0 atom stereocenters. The summed E-state index contributed by atoms with van der Waals surface area (Å²) >= 11 is 0. The smallest absolute Gasteiger partial charge is 0.319 e. The van der Waals surface area contributed by atoms with Crippen LogP contribution in [-0.4, -0.2) is 24.1 Å². The molecule has 20 heavy (non-hydrogen) atoms. The lowest BCUT2D eigenvalue weighted by molar-refractivity contribution is 0.101. The van der Waals surface area contributed by atoms with Gasteiger partial charge in [0.15, 0.2) is 0 Å². The largest absolute Gasteiger partial charge is 0.334 e. The molecule has 6 nitrogen and oxygen atoms in total. The van der Waals surface area contributed by atoms with E-state index in [0.717, 1.165) is 6.07 Å². The molecule has 0 saturated carbocycles. The van der Waals surface area contributed by atoms with E-state index < -0.39 is 21.0 Å². The summed E-state index contributed by atoms with van der Waals surface area (Å²) in [6.45, 7) is 1.72. The lowest BCUT2D eigenvalue weighted by Crippen LogP contribution is -2.17. The summed E-state index contributed by atoms with van der Waals surface area (Å²) in [6.07, 6.45) is 0. The Hall–Kier alpha value is -2.22. The summed E-state index contributed by atoms with van der Waals surface area (Å²) in [5.74, 6) is -0.566.